The standard InChI is InChI=1S/C13H16Cl2N2O2/c14-10-6-9(7-11(15)12(10)18)17-13(19)16-8-4-2-1-3-5-8/h6-8,18H,1-5H2,(H2,16,17,19). The van der Waals surface area contributed by atoms with Gasteiger partial charge in [0.2, 0.25) is 0 Å². The molecule has 1 aromatic rings. The average molecular weight is 303 g/mol. The van der Waals surface area contributed by atoms with E-state index in [1.807, 2.05) is 0 Å². The van der Waals surface area contributed by atoms with Gasteiger partial charge in [-0.2, -0.15) is 0 Å². The van der Waals surface area contributed by atoms with Gasteiger partial charge in [0.1, 0.15) is 0 Å². The van der Waals surface area contributed by atoms with Crippen molar-refractivity contribution in [2.24, 2.45) is 0 Å². The molecule has 1 fully saturated rings. The number of halogens is 2. The van der Waals surface area contributed by atoms with E-state index in [-0.39, 0.29) is 27.9 Å². The fraction of sp³-hybridized carbons (Fsp3) is 0.462. The predicted octanol–water partition coefficient (Wildman–Crippen LogP) is 4.15. The molecule has 1 aliphatic carbocycles. The molecule has 2 amide bonds. The summed E-state index contributed by atoms with van der Waals surface area (Å²) >= 11 is 11.6. The third kappa shape index (κ3) is 3.91. The highest BCUT2D eigenvalue weighted by molar-refractivity contribution is 6.37. The van der Waals surface area contributed by atoms with Crippen molar-refractivity contribution in [2.45, 2.75) is 38.1 Å². The molecule has 3 N–H and O–H groups in total. The Morgan fingerprint density at radius 3 is 2.32 bits per heavy atom. The lowest BCUT2D eigenvalue weighted by atomic mass is 9.96. The van der Waals surface area contributed by atoms with Crippen molar-refractivity contribution in [1.82, 2.24) is 5.32 Å². The third-order valence-electron chi connectivity index (χ3n) is 3.22. The Bertz CT molecular complexity index is 451. The van der Waals surface area contributed by atoms with Crippen LogP contribution in [0.2, 0.25) is 10.0 Å². The Morgan fingerprint density at radius 1 is 1.16 bits per heavy atom. The predicted molar refractivity (Wildman–Crippen MR) is 77.2 cm³/mol. The zero-order valence-electron chi connectivity index (χ0n) is 10.4. The molecule has 0 aliphatic heterocycles. The van der Waals surface area contributed by atoms with Gasteiger partial charge in [-0.1, -0.05) is 42.5 Å². The molecule has 1 saturated carbocycles. The lowest BCUT2D eigenvalue weighted by Crippen LogP contribution is -2.39. The molecule has 0 bridgehead atoms. The second-order valence-electron chi connectivity index (χ2n) is 4.72. The summed E-state index contributed by atoms with van der Waals surface area (Å²) in [5.74, 6) is -0.179. The number of rotatable bonds is 2. The Hall–Kier alpha value is -1.13. The molecule has 1 aliphatic rings. The van der Waals surface area contributed by atoms with Crippen LogP contribution in [0.25, 0.3) is 0 Å². The van der Waals surface area contributed by atoms with Gasteiger partial charge in [0.15, 0.2) is 5.75 Å². The molecule has 19 heavy (non-hydrogen) atoms. The van der Waals surface area contributed by atoms with E-state index in [0.717, 1.165) is 25.7 Å². The molecule has 0 saturated heterocycles. The van der Waals surface area contributed by atoms with Crippen molar-refractivity contribution in [3.63, 3.8) is 0 Å². The van der Waals surface area contributed by atoms with E-state index in [1.165, 1.54) is 18.6 Å². The number of anilines is 1. The van der Waals surface area contributed by atoms with Crippen LogP contribution in [0.15, 0.2) is 12.1 Å². The van der Waals surface area contributed by atoms with Crippen molar-refractivity contribution in [2.75, 3.05) is 5.32 Å². The number of carbonyl (C=O) groups is 1. The van der Waals surface area contributed by atoms with Gasteiger partial charge in [0.25, 0.3) is 0 Å². The normalized spacial score (nSPS) is 16.1. The molecule has 0 heterocycles. The molecule has 0 radical (unpaired) electrons. The lowest BCUT2D eigenvalue weighted by molar-refractivity contribution is 0.244. The summed E-state index contributed by atoms with van der Waals surface area (Å²) in [6.45, 7) is 0. The fourth-order valence-electron chi connectivity index (χ4n) is 2.24. The van der Waals surface area contributed by atoms with Crippen LogP contribution >= 0.6 is 23.2 Å². The first-order valence-electron chi connectivity index (χ1n) is 6.32. The van der Waals surface area contributed by atoms with Crippen molar-refractivity contribution < 1.29 is 9.90 Å². The highest BCUT2D eigenvalue weighted by Crippen LogP contribution is 2.34. The zero-order chi connectivity index (χ0) is 13.8. The van der Waals surface area contributed by atoms with Crippen LogP contribution in [0.5, 0.6) is 5.75 Å². The van der Waals surface area contributed by atoms with Crippen molar-refractivity contribution in [3.8, 4) is 5.75 Å². The van der Waals surface area contributed by atoms with E-state index < -0.39 is 0 Å². The molecule has 6 heteroatoms. The minimum atomic E-state index is -0.273. The quantitative estimate of drug-likeness (QED) is 0.719. The van der Waals surface area contributed by atoms with Gasteiger partial charge in [0.05, 0.1) is 10.0 Å². The molecular formula is C13H16Cl2N2O2. The summed E-state index contributed by atoms with van der Waals surface area (Å²) in [6, 6.07) is 2.88. The summed E-state index contributed by atoms with van der Waals surface area (Å²) in [5, 5.41) is 15.2. The molecule has 0 atom stereocenters. The number of amides is 2. The number of nitrogens with one attached hydrogen (secondary N) is 2. The first-order valence-corrected chi connectivity index (χ1v) is 7.07. The minimum Gasteiger partial charge on any atom is -0.505 e. The molecule has 0 aromatic heterocycles. The molecular weight excluding hydrogens is 287 g/mol. The second kappa shape index (κ2) is 6.35. The Balaban J connectivity index is 1.94. The van der Waals surface area contributed by atoms with E-state index in [1.54, 1.807) is 0 Å². The Kier molecular flexibility index (Phi) is 4.77. The van der Waals surface area contributed by atoms with Crippen LogP contribution in [-0.2, 0) is 0 Å². The SMILES string of the molecule is O=C(Nc1cc(Cl)c(O)c(Cl)c1)NC1CCCCC1. The topological polar surface area (TPSA) is 61.4 Å². The van der Waals surface area contributed by atoms with Gasteiger partial charge in [0, 0.05) is 11.7 Å². The molecule has 0 spiro atoms. The number of carbonyl (C=O) groups excluding carboxylic acids is 1. The second-order valence-corrected chi connectivity index (χ2v) is 5.54. The number of phenolic OH excluding ortho intramolecular Hbond substituents is 1. The molecule has 4 nitrogen and oxygen atoms in total. The summed E-state index contributed by atoms with van der Waals surface area (Å²) in [6.07, 6.45) is 5.58. The number of phenols is 1. The van der Waals surface area contributed by atoms with Gasteiger partial charge in [-0.05, 0) is 25.0 Å². The lowest BCUT2D eigenvalue weighted by Gasteiger charge is -2.22. The van der Waals surface area contributed by atoms with Crippen LogP contribution in [-0.4, -0.2) is 17.2 Å². The van der Waals surface area contributed by atoms with Crippen LogP contribution in [0.4, 0.5) is 10.5 Å². The van der Waals surface area contributed by atoms with Gasteiger partial charge < -0.3 is 15.7 Å². The number of urea groups is 1. The first-order chi connectivity index (χ1) is 9.06. The molecule has 2 rings (SSSR count). The highest BCUT2D eigenvalue weighted by atomic mass is 35.5. The minimum absolute atomic E-state index is 0.112. The average Bonchev–Trinajstić information content (AvgIpc) is 2.37. The third-order valence-corrected chi connectivity index (χ3v) is 3.79. The summed E-state index contributed by atoms with van der Waals surface area (Å²) in [5.41, 5.74) is 0.459. The maximum Gasteiger partial charge on any atom is 0.319 e. The zero-order valence-corrected chi connectivity index (χ0v) is 11.9. The van der Waals surface area contributed by atoms with Gasteiger partial charge in [-0.25, -0.2) is 4.79 Å². The number of hydrogen-bond donors (Lipinski definition) is 3. The Labute approximate surface area is 122 Å². The van der Waals surface area contributed by atoms with E-state index in [4.69, 9.17) is 23.2 Å². The van der Waals surface area contributed by atoms with Gasteiger partial charge in [-0.15, -0.1) is 0 Å². The fourth-order valence-corrected chi connectivity index (χ4v) is 2.72. The van der Waals surface area contributed by atoms with Crippen molar-refractivity contribution >= 4 is 34.9 Å². The monoisotopic (exact) mass is 302 g/mol. The van der Waals surface area contributed by atoms with E-state index in [0.29, 0.717) is 5.69 Å². The molecule has 1 aromatic carbocycles. The maximum absolute atomic E-state index is 11.8. The van der Waals surface area contributed by atoms with Gasteiger partial charge >= 0.3 is 6.03 Å². The van der Waals surface area contributed by atoms with Crippen LogP contribution < -0.4 is 10.6 Å². The Morgan fingerprint density at radius 2 is 1.74 bits per heavy atom. The summed E-state index contributed by atoms with van der Waals surface area (Å²) < 4.78 is 0. The van der Waals surface area contributed by atoms with Crippen molar-refractivity contribution in [1.29, 1.82) is 0 Å². The highest BCUT2D eigenvalue weighted by Gasteiger charge is 2.16. The van der Waals surface area contributed by atoms with Gasteiger partial charge in [-0.3, -0.25) is 0 Å². The van der Waals surface area contributed by atoms with E-state index in [2.05, 4.69) is 10.6 Å². The largest absolute Gasteiger partial charge is 0.505 e. The molecule has 0 unspecified atom stereocenters. The summed E-state index contributed by atoms with van der Waals surface area (Å²) in [7, 11) is 0. The number of hydrogen-bond acceptors (Lipinski definition) is 2. The molecule has 104 valence electrons. The van der Waals surface area contributed by atoms with E-state index >= 15 is 0 Å². The number of benzene rings is 1. The van der Waals surface area contributed by atoms with E-state index in [9.17, 15) is 9.90 Å². The number of aromatic hydroxyl groups is 1. The summed E-state index contributed by atoms with van der Waals surface area (Å²) in [4.78, 5) is 11.8. The maximum atomic E-state index is 11.8. The smallest absolute Gasteiger partial charge is 0.319 e. The van der Waals surface area contributed by atoms with Crippen LogP contribution in [0.1, 0.15) is 32.1 Å². The van der Waals surface area contributed by atoms with Crippen LogP contribution in [0.3, 0.4) is 0 Å². The van der Waals surface area contributed by atoms with Crippen LogP contribution in [0, 0.1) is 0 Å². The first kappa shape index (κ1) is 14.3. The van der Waals surface area contributed by atoms with Crippen molar-refractivity contribution in [3.05, 3.63) is 22.2 Å².